The fourth-order valence-corrected chi connectivity index (χ4v) is 5.11. The molecule has 1 heterocycles. The van der Waals surface area contributed by atoms with Crippen molar-refractivity contribution in [3.63, 3.8) is 0 Å². The van der Waals surface area contributed by atoms with Crippen LogP contribution in [0, 0.1) is 5.82 Å². The standard InChI is InChI=1S/C26H24ClFN4O5S/c1-16(33)32-14-26(15-32,31-25(35)29-19-10-8-18(27)9-11-19)24(34)30-22-12-7-17(13-21(22)28)20-5-3-4-6-23(20)38(2,36)37/h3-13H,14-15H2,1-2H3,(H,30,34)(H2,29,31,35). The molecule has 198 valence electrons. The number of sulfone groups is 1. The monoisotopic (exact) mass is 558 g/mol. The number of rotatable bonds is 6. The lowest BCUT2D eigenvalue weighted by atomic mass is 9.88. The number of carbonyl (C=O) groups is 3. The minimum Gasteiger partial charge on any atom is -0.337 e. The maximum atomic E-state index is 15.1. The van der Waals surface area contributed by atoms with Crippen LogP contribution in [0.25, 0.3) is 11.1 Å². The van der Waals surface area contributed by atoms with E-state index in [4.69, 9.17) is 11.6 Å². The summed E-state index contributed by atoms with van der Waals surface area (Å²) in [6.07, 6.45) is 1.06. The molecule has 1 aliphatic heterocycles. The third kappa shape index (κ3) is 5.79. The first-order valence-electron chi connectivity index (χ1n) is 11.4. The topological polar surface area (TPSA) is 125 Å². The Balaban J connectivity index is 1.54. The van der Waals surface area contributed by atoms with Crippen LogP contribution in [0.4, 0.5) is 20.6 Å². The number of nitrogens with zero attached hydrogens (tertiary/aromatic N) is 1. The van der Waals surface area contributed by atoms with Crippen molar-refractivity contribution in [2.75, 3.05) is 30.0 Å². The van der Waals surface area contributed by atoms with Crippen molar-refractivity contribution in [3.8, 4) is 11.1 Å². The normalized spacial score (nSPS) is 14.3. The van der Waals surface area contributed by atoms with E-state index in [-0.39, 0.29) is 29.6 Å². The van der Waals surface area contributed by atoms with E-state index in [1.54, 1.807) is 42.5 Å². The van der Waals surface area contributed by atoms with Crippen molar-refractivity contribution in [1.82, 2.24) is 10.2 Å². The van der Waals surface area contributed by atoms with Crippen LogP contribution in [0.3, 0.4) is 0 Å². The van der Waals surface area contributed by atoms with E-state index in [2.05, 4.69) is 16.0 Å². The van der Waals surface area contributed by atoms with Gasteiger partial charge in [-0.2, -0.15) is 0 Å². The van der Waals surface area contributed by atoms with Crippen LogP contribution < -0.4 is 16.0 Å². The van der Waals surface area contributed by atoms with Crippen LogP contribution in [0.2, 0.25) is 5.02 Å². The second-order valence-electron chi connectivity index (χ2n) is 8.96. The highest BCUT2D eigenvalue weighted by molar-refractivity contribution is 7.90. The number of hydrogen-bond donors (Lipinski definition) is 3. The molecular formula is C26H24ClFN4O5S. The summed E-state index contributed by atoms with van der Waals surface area (Å²) in [5.41, 5.74) is -0.615. The van der Waals surface area contributed by atoms with Gasteiger partial charge < -0.3 is 20.9 Å². The third-order valence-electron chi connectivity index (χ3n) is 6.07. The van der Waals surface area contributed by atoms with Crippen LogP contribution in [0.5, 0.6) is 0 Å². The SMILES string of the molecule is CC(=O)N1CC(NC(=O)Nc2ccc(Cl)cc2)(C(=O)Nc2ccc(-c3ccccc3S(C)(=O)=O)cc2F)C1. The van der Waals surface area contributed by atoms with E-state index in [1.165, 1.54) is 30.0 Å². The van der Waals surface area contributed by atoms with E-state index in [1.807, 2.05) is 0 Å². The number of carbonyl (C=O) groups excluding carboxylic acids is 3. The Bertz CT molecular complexity index is 1520. The molecule has 9 nitrogen and oxygen atoms in total. The minimum atomic E-state index is -3.56. The van der Waals surface area contributed by atoms with E-state index in [0.717, 1.165) is 12.3 Å². The van der Waals surface area contributed by atoms with E-state index in [9.17, 15) is 22.8 Å². The zero-order chi connectivity index (χ0) is 27.7. The number of urea groups is 1. The lowest BCUT2D eigenvalue weighted by molar-refractivity contribution is -0.142. The summed E-state index contributed by atoms with van der Waals surface area (Å²) in [6, 6.07) is 15.8. The molecule has 1 aliphatic rings. The van der Waals surface area contributed by atoms with Crippen LogP contribution in [0.15, 0.2) is 71.6 Å². The van der Waals surface area contributed by atoms with E-state index in [0.29, 0.717) is 21.8 Å². The molecule has 1 saturated heterocycles. The molecule has 1 fully saturated rings. The summed E-state index contributed by atoms with van der Waals surface area (Å²) in [6.45, 7) is 1.12. The zero-order valence-corrected chi connectivity index (χ0v) is 22.0. The summed E-state index contributed by atoms with van der Waals surface area (Å²) in [5.74, 6) is -1.81. The van der Waals surface area contributed by atoms with Gasteiger partial charge in [-0.1, -0.05) is 35.9 Å². The fourth-order valence-electron chi connectivity index (χ4n) is 4.07. The lowest BCUT2D eigenvalue weighted by Gasteiger charge is -2.48. The van der Waals surface area contributed by atoms with Gasteiger partial charge in [-0.3, -0.25) is 9.59 Å². The van der Waals surface area contributed by atoms with E-state index < -0.39 is 33.1 Å². The molecular weight excluding hydrogens is 535 g/mol. The number of hydrogen-bond acceptors (Lipinski definition) is 5. The maximum Gasteiger partial charge on any atom is 0.320 e. The molecule has 0 saturated carbocycles. The molecule has 4 rings (SSSR count). The van der Waals surface area contributed by atoms with Crippen LogP contribution in [-0.4, -0.2) is 56.0 Å². The highest BCUT2D eigenvalue weighted by atomic mass is 35.5. The van der Waals surface area contributed by atoms with Gasteiger partial charge in [-0.05, 0) is 48.0 Å². The van der Waals surface area contributed by atoms with Gasteiger partial charge in [0.2, 0.25) is 5.91 Å². The fraction of sp³-hybridized carbons (Fsp3) is 0.192. The van der Waals surface area contributed by atoms with Crippen LogP contribution in [0.1, 0.15) is 6.92 Å². The van der Waals surface area contributed by atoms with Gasteiger partial charge in [0.25, 0.3) is 5.91 Å². The Morgan fingerprint density at radius 3 is 2.24 bits per heavy atom. The molecule has 0 bridgehead atoms. The molecule has 0 unspecified atom stereocenters. The summed E-state index contributed by atoms with van der Waals surface area (Å²) >= 11 is 5.86. The van der Waals surface area contributed by atoms with Crippen molar-refractivity contribution < 1.29 is 27.2 Å². The van der Waals surface area contributed by atoms with Crippen molar-refractivity contribution in [3.05, 3.63) is 77.6 Å². The number of likely N-dealkylation sites (tertiary alicyclic amines) is 1. The first kappa shape index (κ1) is 27.1. The highest BCUT2D eigenvalue weighted by Gasteiger charge is 2.51. The lowest BCUT2D eigenvalue weighted by Crippen LogP contribution is -2.76. The molecule has 0 aliphatic carbocycles. The Kier molecular flexibility index (Phi) is 7.43. The van der Waals surface area contributed by atoms with Gasteiger partial charge in [0.15, 0.2) is 15.4 Å². The van der Waals surface area contributed by atoms with Gasteiger partial charge in [-0.15, -0.1) is 0 Å². The van der Waals surface area contributed by atoms with Crippen molar-refractivity contribution in [1.29, 1.82) is 0 Å². The third-order valence-corrected chi connectivity index (χ3v) is 7.48. The molecule has 12 heteroatoms. The quantitative estimate of drug-likeness (QED) is 0.423. The smallest absolute Gasteiger partial charge is 0.320 e. The van der Waals surface area contributed by atoms with Crippen molar-refractivity contribution >= 4 is 50.7 Å². The summed E-state index contributed by atoms with van der Waals surface area (Å²) < 4.78 is 39.4. The Hall–Kier alpha value is -3.96. The first-order valence-corrected chi connectivity index (χ1v) is 13.7. The van der Waals surface area contributed by atoms with Gasteiger partial charge in [-0.25, -0.2) is 17.6 Å². The predicted molar refractivity (Wildman–Crippen MR) is 142 cm³/mol. The molecule has 3 N–H and O–H groups in total. The number of nitrogens with one attached hydrogen (secondary N) is 3. The van der Waals surface area contributed by atoms with E-state index >= 15 is 4.39 Å². The molecule has 3 aromatic carbocycles. The van der Waals surface area contributed by atoms with Crippen molar-refractivity contribution in [2.45, 2.75) is 17.4 Å². The molecule has 0 atom stereocenters. The molecule has 3 aromatic rings. The second-order valence-corrected chi connectivity index (χ2v) is 11.4. The van der Waals surface area contributed by atoms with Gasteiger partial charge in [0.05, 0.1) is 23.7 Å². The Morgan fingerprint density at radius 2 is 1.63 bits per heavy atom. The van der Waals surface area contributed by atoms with Gasteiger partial charge in [0, 0.05) is 29.5 Å². The van der Waals surface area contributed by atoms with Gasteiger partial charge >= 0.3 is 6.03 Å². The second kappa shape index (κ2) is 10.4. The zero-order valence-electron chi connectivity index (χ0n) is 20.4. The number of amides is 4. The van der Waals surface area contributed by atoms with Crippen LogP contribution in [-0.2, 0) is 19.4 Å². The highest BCUT2D eigenvalue weighted by Crippen LogP contribution is 2.31. The average molecular weight is 559 g/mol. The van der Waals surface area contributed by atoms with Crippen LogP contribution >= 0.6 is 11.6 Å². The molecule has 0 radical (unpaired) electrons. The first-order chi connectivity index (χ1) is 17.9. The Labute approximate surface area is 223 Å². The summed E-state index contributed by atoms with van der Waals surface area (Å²) in [5, 5.41) is 8.16. The number of anilines is 2. The summed E-state index contributed by atoms with van der Waals surface area (Å²) in [4.78, 5) is 39.1. The van der Waals surface area contributed by atoms with Gasteiger partial charge in [0.1, 0.15) is 5.82 Å². The molecule has 4 amide bonds. The molecule has 0 spiro atoms. The minimum absolute atomic E-state index is 0.0461. The van der Waals surface area contributed by atoms with Crippen molar-refractivity contribution in [2.24, 2.45) is 0 Å². The predicted octanol–water partition coefficient (Wildman–Crippen LogP) is 3.91. The summed E-state index contributed by atoms with van der Waals surface area (Å²) in [7, 11) is -3.56. The number of halogens is 2. The molecule has 0 aromatic heterocycles. The molecule has 38 heavy (non-hydrogen) atoms. The maximum absolute atomic E-state index is 15.1. The average Bonchev–Trinajstić information content (AvgIpc) is 2.83. The number of benzene rings is 3. The Morgan fingerprint density at radius 1 is 0.974 bits per heavy atom. The largest absolute Gasteiger partial charge is 0.337 e.